The average Bonchev–Trinajstić information content (AvgIpc) is 2.95. The van der Waals surface area contributed by atoms with Gasteiger partial charge in [0.2, 0.25) is 5.91 Å². The van der Waals surface area contributed by atoms with E-state index in [0.29, 0.717) is 19.6 Å². The Labute approximate surface area is 123 Å². The molecule has 0 spiro atoms. The summed E-state index contributed by atoms with van der Waals surface area (Å²) in [5.74, 6) is 1.01. The highest BCUT2D eigenvalue weighted by molar-refractivity contribution is 5.92. The molecule has 0 bridgehead atoms. The number of nitrogens with one attached hydrogen (secondary N) is 1. The number of hydrogen-bond donors (Lipinski definition) is 2. The van der Waals surface area contributed by atoms with Gasteiger partial charge in [0.25, 0.3) is 0 Å². The molecule has 0 atom stereocenters. The minimum Gasteiger partial charge on any atom is -0.333 e. The van der Waals surface area contributed by atoms with Crippen LogP contribution in [0, 0.1) is 0 Å². The monoisotopic (exact) mass is 285 g/mol. The lowest BCUT2D eigenvalue weighted by Gasteiger charge is -2.26. The number of fused-ring (bicyclic) bond motifs is 1. The summed E-state index contributed by atoms with van der Waals surface area (Å²) in [5.41, 5.74) is 7.41. The van der Waals surface area contributed by atoms with Gasteiger partial charge in [-0.25, -0.2) is 4.98 Å². The molecule has 3 rings (SSSR count). The van der Waals surface area contributed by atoms with Gasteiger partial charge >= 0.3 is 0 Å². The summed E-state index contributed by atoms with van der Waals surface area (Å²) in [5, 5.41) is 2.91. The molecule has 2 heterocycles. The number of hydrogen-bond acceptors (Lipinski definition) is 4. The standard InChI is InChI=1S/C15H19N5O/c16-9-12-1-3-13(4-2-12)18-15(21)11-19-7-8-20-6-5-17-14(20)10-19/h1-6H,7-11,16H2,(H,18,21). The van der Waals surface area contributed by atoms with Gasteiger partial charge in [0.15, 0.2) is 0 Å². The smallest absolute Gasteiger partial charge is 0.238 e. The minimum absolute atomic E-state index is 0.00416. The summed E-state index contributed by atoms with van der Waals surface area (Å²) in [6, 6.07) is 7.60. The molecule has 0 unspecified atom stereocenters. The lowest BCUT2D eigenvalue weighted by Crippen LogP contribution is -2.39. The quantitative estimate of drug-likeness (QED) is 0.871. The van der Waals surface area contributed by atoms with Crippen LogP contribution in [-0.4, -0.2) is 33.4 Å². The van der Waals surface area contributed by atoms with Crippen LogP contribution in [0.15, 0.2) is 36.7 Å². The van der Waals surface area contributed by atoms with Gasteiger partial charge < -0.3 is 15.6 Å². The number of imidazole rings is 1. The lowest BCUT2D eigenvalue weighted by atomic mass is 10.2. The van der Waals surface area contributed by atoms with Gasteiger partial charge in [-0.05, 0) is 17.7 Å². The Hall–Kier alpha value is -2.18. The molecular weight excluding hydrogens is 266 g/mol. The molecule has 1 aliphatic rings. The van der Waals surface area contributed by atoms with Gasteiger partial charge in [-0.15, -0.1) is 0 Å². The van der Waals surface area contributed by atoms with E-state index in [1.165, 1.54) is 0 Å². The molecular formula is C15H19N5O. The number of anilines is 1. The van der Waals surface area contributed by atoms with E-state index < -0.39 is 0 Å². The van der Waals surface area contributed by atoms with Crippen LogP contribution in [0.5, 0.6) is 0 Å². The zero-order valence-corrected chi connectivity index (χ0v) is 11.8. The fourth-order valence-corrected chi connectivity index (χ4v) is 2.49. The van der Waals surface area contributed by atoms with Gasteiger partial charge in [-0.3, -0.25) is 9.69 Å². The van der Waals surface area contributed by atoms with Crippen molar-refractivity contribution in [2.45, 2.75) is 19.6 Å². The minimum atomic E-state index is -0.00416. The Bertz CT molecular complexity index is 619. The highest BCUT2D eigenvalue weighted by atomic mass is 16.2. The number of nitrogens with two attached hydrogens (primary N) is 1. The molecule has 1 aromatic heterocycles. The Morgan fingerprint density at radius 1 is 1.29 bits per heavy atom. The fourth-order valence-electron chi connectivity index (χ4n) is 2.49. The summed E-state index contributed by atoms with van der Waals surface area (Å²) in [6.07, 6.45) is 3.78. The van der Waals surface area contributed by atoms with E-state index >= 15 is 0 Å². The van der Waals surface area contributed by atoms with E-state index in [0.717, 1.165) is 30.2 Å². The first kappa shape index (κ1) is 13.8. The summed E-state index contributed by atoms with van der Waals surface area (Å²) >= 11 is 0. The molecule has 1 aliphatic heterocycles. The first-order valence-electron chi connectivity index (χ1n) is 7.06. The molecule has 21 heavy (non-hydrogen) atoms. The van der Waals surface area contributed by atoms with E-state index in [9.17, 15) is 4.79 Å². The molecule has 0 saturated heterocycles. The van der Waals surface area contributed by atoms with E-state index in [4.69, 9.17) is 5.73 Å². The fraction of sp³-hybridized carbons (Fsp3) is 0.333. The van der Waals surface area contributed by atoms with Gasteiger partial charge in [-0.1, -0.05) is 12.1 Å². The molecule has 1 amide bonds. The molecule has 1 aromatic carbocycles. The van der Waals surface area contributed by atoms with Crippen LogP contribution in [0.25, 0.3) is 0 Å². The van der Waals surface area contributed by atoms with Crippen LogP contribution in [0.1, 0.15) is 11.4 Å². The van der Waals surface area contributed by atoms with Gasteiger partial charge in [0, 0.05) is 37.7 Å². The van der Waals surface area contributed by atoms with E-state index in [2.05, 4.69) is 19.8 Å². The first-order chi connectivity index (χ1) is 10.2. The molecule has 0 radical (unpaired) electrons. The predicted octanol–water partition coefficient (Wildman–Crippen LogP) is 0.796. The second-order valence-corrected chi connectivity index (χ2v) is 5.20. The molecule has 0 aliphatic carbocycles. The van der Waals surface area contributed by atoms with Crippen LogP contribution < -0.4 is 11.1 Å². The van der Waals surface area contributed by atoms with Crippen molar-refractivity contribution in [2.24, 2.45) is 5.73 Å². The number of aromatic nitrogens is 2. The van der Waals surface area contributed by atoms with E-state index in [1.807, 2.05) is 30.5 Å². The number of carbonyl (C=O) groups excluding carboxylic acids is 1. The SMILES string of the molecule is NCc1ccc(NC(=O)CN2CCn3ccnc3C2)cc1. The van der Waals surface area contributed by atoms with Crippen molar-refractivity contribution in [3.63, 3.8) is 0 Å². The molecule has 110 valence electrons. The highest BCUT2D eigenvalue weighted by Gasteiger charge is 2.18. The number of rotatable bonds is 4. The largest absolute Gasteiger partial charge is 0.333 e. The number of carbonyl (C=O) groups is 1. The lowest BCUT2D eigenvalue weighted by molar-refractivity contribution is -0.117. The predicted molar refractivity (Wildman–Crippen MR) is 80.5 cm³/mol. The van der Waals surface area contributed by atoms with Crippen LogP contribution in [0.4, 0.5) is 5.69 Å². The molecule has 6 nitrogen and oxygen atoms in total. The second-order valence-electron chi connectivity index (χ2n) is 5.20. The zero-order chi connectivity index (χ0) is 14.7. The summed E-state index contributed by atoms with van der Waals surface area (Å²) in [4.78, 5) is 18.5. The van der Waals surface area contributed by atoms with Crippen molar-refractivity contribution in [3.05, 3.63) is 48.0 Å². The van der Waals surface area contributed by atoms with Crippen molar-refractivity contribution >= 4 is 11.6 Å². The Balaban J connectivity index is 1.54. The van der Waals surface area contributed by atoms with Crippen molar-refractivity contribution < 1.29 is 4.79 Å². The normalized spacial score (nSPS) is 14.7. The second kappa shape index (κ2) is 6.07. The molecule has 3 N–H and O–H groups in total. The topological polar surface area (TPSA) is 76.2 Å². The summed E-state index contributed by atoms with van der Waals surface area (Å²) in [7, 11) is 0. The molecule has 0 fully saturated rings. The number of benzene rings is 1. The maximum absolute atomic E-state index is 12.1. The van der Waals surface area contributed by atoms with Crippen LogP contribution in [-0.2, 0) is 24.4 Å². The third-order valence-corrected chi connectivity index (χ3v) is 3.66. The Kier molecular flexibility index (Phi) is 3.98. The van der Waals surface area contributed by atoms with Crippen molar-refractivity contribution in [3.8, 4) is 0 Å². The van der Waals surface area contributed by atoms with Gasteiger partial charge in [0.05, 0.1) is 13.1 Å². The Morgan fingerprint density at radius 2 is 2.10 bits per heavy atom. The summed E-state index contributed by atoms with van der Waals surface area (Å²) in [6.45, 7) is 3.35. The maximum atomic E-state index is 12.1. The number of nitrogens with zero attached hydrogens (tertiary/aromatic N) is 3. The number of amides is 1. The molecule has 0 saturated carbocycles. The highest BCUT2D eigenvalue weighted by Crippen LogP contribution is 2.12. The Morgan fingerprint density at radius 3 is 2.86 bits per heavy atom. The maximum Gasteiger partial charge on any atom is 0.238 e. The van der Waals surface area contributed by atoms with Crippen LogP contribution in [0.2, 0.25) is 0 Å². The van der Waals surface area contributed by atoms with E-state index in [1.54, 1.807) is 6.20 Å². The zero-order valence-electron chi connectivity index (χ0n) is 11.8. The van der Waals surface area contributed by atoms with Crippen LogP contribution >= 0.6 is 0 Å². The first-order valence-corrected chi connectivity index (χ1v) is 7.06. The third kappa shape index (κ3) is 3.29. The molecule has 2 aromatic rings. The molecule has 6 heteroatoms. The third-order valence-electron chi connectivity index (χ3n) is 3.66. The van der Waals surface area contributed by atoms with E-state index in [-0.39, 0.29) is 5.91 Å². The van der Waals surface area contributed by atoms with Crippen LogP contribution in [0.3, 0.4) is 0 Å². The summed E-state index contributed by atoms with van der Waals surface area (Å²) < 4.78 is 2.12. The van der Waals surface area contributed by atoms with Crippen molar-refractivity contribution in [1.29, 1.82) is 0 Å². The van der Waals surface area contributed by atoms with Gasteiger partial charge in [-0.2, -0.15) is 0 Å². The average molecular weight is 285 g/mol. The van der Waals surface area contributed by atoms with Gasteiger partial charge in [0.1, 0.15) is 5.82 Å². The van der Waals surface area contributed by atoms with Crippen molar-refractivity contribution in [1.82, 2.24) is 14.5 Å². The van der Waals surface area contributed by atoms with Crippen molar-refractivity contribution in [2.75, 3.05) is 18.4 Å².